The fourth-order valence-electron chi connectivity index (χ4n) is 2.69. The molecule has 1 aromatic heterocycles. The van der Waals surface area contributed by atoms with Gasteiger partial charge in [0, 0.05) is 24.2 Å². The van der Waals surface area contributed by atoms with Gasteiger partial charge in [0.1, 0.15) is 5.82 Å². The van der Waals surface area contributed by atoms with Gasteiger partial charge >= 0.3 is 0 Å². The lowest BCUT2D eigenvalue weighted by Crippen LogP contribution is -2.18. The van der Waals surface area contributed by atoms with Crippen LogP contribution in [0.15, 0.2) is 24.4 Å². The van der Waals surface area contributed by atoms with E-state index < -0.39 is 0 Å². The number of aryl methyl sites for hydroxylation is 1. The van der Waals surface area contributed by atoms with Crippen LogP contribution < -0.4 is 5.73 Å². The zero-order chi connectivity index (χ0) is 14.1. The van der Waals surface area contributed by atoms with Crippen molar-refractivity contribution < 1.29 is 0 Å². The molecule has 0 atom stereocenters. The van der Waals surface area contributed by atoms with E-state index in [0.29, 0.717) is 5.82 Å². The summed E-state index contributed by atoms with van der Waals surface area (Å²) in [5.41, 5.74) is 9.14. The standard InChI is InChI=1S/C15H19ClN4/c1-19-15(17)13(9-18-19)11-4-5-12(14(16)8-11)10-20-6-2-3-7-20/h4-5,8-9H,2-3,6-7,10,17H2,1H3. The van der Waals surface area contributed by atoms with Gasteiger partial charge in [-0.05, 0) is 43.1 Å². The predicted molar refractivity (Wildman–Crippen MR) is 82.6 cm³/mol. The van der Waals surface area contributed by atoms with Gasteiger partial charge < -0.3 is 5.73 Å². The maximum absolute atomic E-state index is 6.42. The van der Waals surface area contributed by atoms with E-state index >= 15 is 0 Å². The number of halogens is 1. The molecule has 1 aromatic carbocycles. The number of hydrogen-bond acceptors (Lipinski definition) is 3. The van der Waals surface area contributed by atoms with E-state index in [-0.39, 0.29) is 0 Å². The normalized spacial score (nSPS) is 15.9. The van der Waals surface area contributed by atoms with Gasteiger partial charge in [-0.3, -0.25) is 9.58 Å². The molecule has 0 saturated carbocycles. The number of aromatic nitrogens is 2. The maximum atomic E-state index is 6.42. The molecule has 0 radical (unpaired) electrons. The van der Waals surface area contributed by atoms with Crippen LogP contribution in [0.4, 0.5) is 5.82 Å². The molecule has 106 valence electrons. The van der Waals surface area contributed by atoms with E-state index in [1.54, 1.807) is 10.9 Å². The van der Waals surface area contributed by atoms with Gasteiger partial charge in [0.2, 0.25) is 0 Å². The van der Waals surface area contributed by atoms with E-state index in [1.807, 2.05) is 13.1 Å². The van der Waals surface area contributed by atoms with Crippen LogP contribution in [-0.2, 0) is 13.6 Å². The molecule has 1 aliphatic rings. The number of rotatable bonds is 3. The van der Waals surface area contributed by atoms with Crippen LogP contribution in [0.3, 0.4) is 0 Å². The van der Waals surface area contributed by atoms with Crippen LogP contribution >= 0.6 is 11.6 Å². The fraction of sp³-hybridized carbons (Fsp3) is 0.400. The largest absolute Gasteiger partial charge is 0.383 e. The van der Waals surface area contributed by atoms with Crippen LogP contribution in [0.2, 0.25) is 5.02 Å². The van der Waals surface area contributed by atoms with Crippen molar-refractivity contribution >= 4 is 17.4 Å². The lowest BCUT2D eigenvalue weighted by molar-refractivity contribution is 0.331. The van der Waals surface area contributed by atoms with Crippen molar-refractivity contribution in [2.24, 2.45) is 7.05 Å². The second-order valence-electron chi connectivity index (χ2n) is 5.36. The predicted octanol–water partition coefficient (Wildman–Crippen LogP) is 2.92. The fourth-order valence-corrected chi connectivity index (χ4v) is 2.93. The highest BCUT2D eigenvalue weighted by Crippen LogP contribution is 2.30. The number of hydrogen-bond donors (Lipinski definition) is 1. The minimum Gasteiger partial charge on any atom is -0.383 e. The average molecular weight is 291 g/mol. The Labute approximate surface area is 124 Å². The molecule has 0 amide bonds. The Hall–Kier alpha value is -1.52. The first-order chi connectivity index (χ1) is 9.65. The first-order valence-corrected chi connectivity index (χ1v) is 7.31. The molecule has 1 fully saturated rings. The van der Waals surface area contributed by atoms with E-state index in [0.717, 1.165) is 22.7 Å². The molecule has 2 aromatic rings. The summed E-state index contributed by atoms with van der Waals surface area (Å²) in [6.07, 6.45) is 4.37. The highest BCUT2D eigenvalue weighted by molar-refractivity contribution is 6.31. The molecule has 4 nitrogen and oxygen atoms in total. The zero-order valence-electron chi connectivity index (χ0n) is 11.6. The van der Waals surface area contributed by atoms with Gasteiger partial charge in [-0.25, -0.2) is 0 Å². The van der Waals surface area contributed by atoms with Gasteiger partial charge in [-0.2, -0.15) is 5.10 Å². The molecule has 20 heavy (non-hydrogen) atoms. The first kappa shape index (κ1) is 13.5. The van der Waals surface area contributed by atoms with Crippen molar-refractivity contribution in [1.82, 2.24) is 14.7 Å². The molecular weight excluding hydrogens is 272 g/mol. The molecule has 0 unspecified atom stereocenters. The summed E-state index contributed by atoms with van der Waals surface area (Å²) in [5.74, 6) is 0.661. The average Bonchev–Trinajstić information content (AvgIpc) is 3.04. The molecule has 2 N–H and O–H groups in total. The minimum atomic E-state index is 0.661. The lowest BCUT2D eigenvalue weighted by atomic mass is 10.1. The molecule has 0 spiro atoms. The summed E-state index contributed by atoms with van der Waals surface area (Å²) < 4.78 is 1.67. The number of likely N-dealkylation sites (tertiary alicyclic amines) is 1. The highest BCUT2D eigenvalue weighted by Gasteiger charge is 2.14. The summed E-state index contributed by atoms with van der Waals surface area (Å²) in [6.45, 7) is 3.28. The van der Waals surface area contributed by atoms with Gasteiger partial charge in [0.15, 0.2) is 0 Å². The Morgan fingerprint density at radius 2 is 2.05 bits per heavy atom. The van der Waals surface area contributed by atoms with Crippen LogP contribution in [-0.4, -0.2) is 27.8 Å². The number of nitrogens with zero attached hydrogens (tertiary/aromatic N) is 3. The number of anilines is 1. The zero-order valence-corrected chi connectivity index (χ0v) is 12.4. The number of benzene rings is 1. The van der Waals surface area contributed by atoms with Crippen molar-refractivity contribution in [3.63, 3.8) is 0 Å². The van der Waals surface area contributed by atoms with Gasteiger partial charge in [0.25, 0.3) is 0 Å². The maximum Gasteiger partial charge on any atom is 0.129 e. The monoisotopic (exact) mass is 290 g/mol. The molecule has 0 bridgehead atoms. The Kier molecular flexibility index (Phi) is 3.68. The van der Waals surface area contributed by atoms with E-state index in [9.17, 15) is 0 Å². The molecule has 5 heteroatoms. The third-order valence-electron chi connectivity index (χ3n) is 3.94. The van der Waals surface area contributed by atoms with Crippen LogP contribution in [0.5, 0.6) is 0 Å². The van der Waals surface area contributed by atoms with Crippen molar-refractivity contribution in [3.8, 4) is 11.1 Å². The number of nitrogen functional groups attached to an aromatic ring is 1. The molecule has 2 heterocycles. The second kappa shape index (κ2) is 5.46. The van der Waals surface area contributed by atoms with Crippen LogP contribution in [0, 0.1) is 0 Å². The first-order valence-electron chi connectivity index (χ1n) is 6.94. The molecular formula is C15H19ClN4. The number of nitrogens with two attached hydrogens (primary N) is 1. The van der Waals surface area contributed by atoms with E-state index in [2.05, 4.69) is 22.1 Å². The quantitative estimate of drug-likeness (QED) is 0.945. The Balaban J connectivity index is 1.85. The van der Waals surface area contributed by atoms with Crippen molar-refractivity contribution in [1.29, 1.82) is 0 Å². The second-order valence-corrected chi connectivity index (χ2v) is 5.76. The van der Waals surface area contributed by atoms with Crippen molar-refractivity contribution in [2.45, 2.75) is 19.4 Å². The Bertz CT molecular complexity index is 614. The summed E-state index contributed by atoms with van der Waals surface area (Å²) in [7, 11) is 1.84. The third kappa shape index (κ3) is 2.53. The summed E-state index contributed by atoms with van der Waals surface area (Å²) in [5, 5.41) is 4.97. The summed E-state index contributed by atoms with van der Waals surface area (Å²) in [4.78, 5) is 2.44. The van der Waals surface area contributed by atoms with E-state index in [4.69, 9.17) is 17.3 Å². The van der Waals surface area contributed by atoms with Crippen LogP contribution in [0.1, 0.15) is 18.4 Å². The molecule has 0 aliphatic carbocycles. The SMILES string of the molecule is Cn1ncc(-c2ccc(CN3CCCC3)c(Cl)c2)c1N. The topological polar surface area (TPSA) is 47.1 Å². The van der Waals surface area contributed by atoms with Gasteiger partial charge in [-0.15, -0.1) is 0 Å². The summed E-state index contributed by atoms with van der Waals surface area (Å²) >= 11 is 6.42. The molecule has 3 rings (SSSR count). The highest BCUT2D eigenvalue weighted by atomic mass is 35.5. The Morgan fingerprint density at radius 1 is 1.30 bits per heavy atom. The van der Waals surface area contributed by atoms with Crippen LogP contribution in [0.25, 0.3) is 11.1 Å². The Morgan fingerprint density at radius 3 is 2.65 bits per heavy atom. The lowest BCUT2D eigenvalue weighted by Gasteiger charge is -2.16. The van der Waals surface area contributed by atoms with Crippen molar-refractivity contribution in [2.75, 3.05) is 18.8 Å². The molecule has 1 saturated heterocycles. The minimum absolute atomic E-state index is 0.661. The molecule has 1 aliphatic heterocycles. The smallest absolute Gasteiger partial charge is 0.129 e. The van der Waals surface area contributed by atoms with Gasteiger partial charge in [-0.1, -0.05) is 23.7 Å². The van der Waals surface area contributed by atoms with E-state index in [1.165, 1.54) is 31.5 Å². The third-order valence-corrected chi connectivity index (χ3v) is 4.29. The summed E-state index contributed by atoms with van der Waals surface area (Å²) in [6, 6.07) is 6.16. The van der Waals surface area contributed by atoms with Crippen molar-refractivity contribution in [3.05, 3.63) is 35.0 Å². The van der Waals surface area contributed by atoms with Gasteiger partial charge in [0.05, 0.1) is 6.20 Å².